The Kier molecular flexibility index (Phi) is 4.03. The van der Waals surface area contributed by atoms with Crippen LogP contribution in [0, 0.1) is 17.6 Å². The van der Waals surface area contributed by atoms with Crippen LogP contribution in [0.15, 0.2) is 18.2 Å². The molecule has 20 heavy (non-hydrogen) atoms. The second-order valence-electron chi connectivity index (χ2n) is 6.15. The van der Waals surface area contributed by atoms with Crippen molar-refractivity contribution in [3.05, 3.63) is 35.4 Å². The lowest BCUT2D eigenvalue weighted by molar-refractivity contribution is 0.115. The molecule has 2 fully saturated rings. The molecule has 1 aliphatic carbocycles. The van der Waals surface area contributed by atoms with Crippen LogP contribution in [-0.4, -0.2) is 31.1 Å². The number of likely N-dealkylation sites (tertiary alicyclic amines) is 1. The average molecular weight is 280 g/mol. The molecule has 1 N–H and O–H groups in total. The maximum Gasteiger partial charge on any atom is 0.163 e. The molecule has 1 heterocycles. The van der Waals surface area contributed by atoms with E-state index in [4.69, 9.17) is 0 Å². The van der Waals surface area contributed by atoms with E-state index >= 15 is 0 Å². The number of benzene rings is 1. The van der Waals surface area contributed by atoms with Crippen molar-refractivity contribution in [1.29, 1.82) is 0 Å². The van der Waals surface area contributed by atoms with Gasteiger partial charge in [-0.25, -0.2) is 8.78 Å². The molecule has 4 heteroatoms. The molecule has 3 rings (SSSR count). The zero-order chi connectivity index (χ0) is 14.1. The molecule has 0 radical (unpaired) electrons. The van der Waals surface area contributed by atoms with Gasteiger partial charge in [0.1, 0.15) is 0 Å². The van der Waals surface area contributed by atoms with Crippen LogP contribution in [0.4, 0.5) is 8.78 Å². The molecule has 2 aliphatic rings. The fourth-order valence-electron chi connectivity index (χ4n) is 3.32. The Bertz CT molecular complexity index is 474. The second-order valence-corrected chi connectivity index (χ2v) is 6.15. The summed E-state index contributed by atoms with van der Waals surface area (Å²) in [6, 6.07) is 5.17. The first-order valence-corrected chi connectivity index (χ1v) is 7.54. The number of halogens is 2. The molecule has 1 aliphatic heterocycles. The maximum absolute atomic E-state index is 14.1. The van der Waals surface area contributed by atoms with E-state index in [1.54, 1.807) is 12.1 Å². The van der Waals surface area contributed by atoms with Crippen molar-refractivity contribution < 1.29 is 8.78 Å². The molecule has 1 aromatic rings. The Morgan fingerprint density at radius 2 is 2.05 bits per heavy atom. The minimum absolute atomic E-state index is 0.0225. The fraction of sp³-hybridized carbons (Fsp3) is 0.625. The van der Waals surface area contributed by atoms with Crippen LogP contribution in [0.1, 0.15) is 37.3 Å². The van der Waals surface area contributed by atoms with E-state index in [0.29, 0.717) is 17.5 Å². The van der Waals surface area contributed by atoms with E-state index in [1.807, 2.05) is 7.05 Å². The van der Waals surface area contributed by atoms with Gasteiger partial charge >= 0.3 is 0 Å². The van der Waals surface area contributed by atoms with Crippen LogP contribution in [0.5, 0.6) is 0 Å². The topological polar surface area (TPSA) is 15.3 Å². The lowest BCUT2D eigenvalue weighted by Gasteiger charge is -2.40. The summed E-state index contributed by atoms with van der Waals surface area (Å²) in [7, 11) is 2.01. The lowest BCUT2D eigenvalue weighted by atomic mass is 9.84. The monoisotopic (exact) mass is 280 g/mol. The number of hydrogen-bond donors (Lipinski definition) is 1. The summed E-state index contributed by atoms with van der Waals surface area (Å²) in [4.78, 5) is 2.17. The predicted molar refractivity (Wildman–Crippen MR) is 75.5 cm³/mol. The second kappa shape index (κ2) is 5.78. The summed E-state index contributed by atoms with van der Waals surface area (Å²) < 4.78 is 27.6. The van der Waals surface area contributed by atoms with Crippen LogP contribution >= 0.6 is 0 Å². The Labute approximate surface area is 119 Å². The van der Waals surface area contributed by atoms with Gasteiger partial charge < -0.3 is 5.32 Å². The first kappa shape index (κ1) is 14.0. The predicted octanol–water partition coefficient (Wildman–Crippen LogP) is 3.10. The Balaban J connectivity index is 1.82. The third kappa shape index (κ3) is 2.86. The first-order valence-electron chi connectivity index (χ1n) is 7.54. The third-order valence-electron chi connectivity index (χ3n) is 4.55. The fourth-order valence-corrected chi connectivity index (χ4v) is 3.32. The highest BCUT2D eigenvalue weighted by Crippen LogP contribution is 2.36. The molecule has 110 valence electrons. The summed E-state index contributed by atoms with van der Waals surface area (Å²) in [5, 5.41) is 3.54. The Morgan fingerprint density at radius 1 is 1.25 bits per heavy atom. The minimum atomic E-state index is -0.740. The van der Waals surface area contributed by atoms with Gasteiger partial charge in [-0.2, -0.15) is 0 Å². The van der Waals surface area contributed by atoms with Crippen molar-refractivity contribution in [2.24, 2.45) is 5.92 Å². The molecule has 1 saturated carbocycles. The summed E-state index contributed by atoms with van der Waals surface area (Å²) in [6.45, 7) is 1.84. The van der Waals surface area contributed by atoms with E-state index in [2.05, 4.69) is 10.2 Å². The van der Waals surface area contributed by atoms with Crippen LogP contribution in [0.25, 0.3) is 0 Å². The molecule has 0 spiro atoms. The van der Waals surface area contributed by atoms with Gasteiger partial charge in [0.15, 0.2) is 11.6 Å². The number of rotatable bonds is 4. The van der Waals surface area contributed by atoms with E-state index in [-0.39, 0.29) is 6.04 Å². The van der Waals surface area contributed by atoms with Gasteiger partial charge in [-0.15, -0.1) is 0 Å². The molecule has 0 amide bonds. The quantitative estimate of drug-likeness (QED) is 0.911. The standard InChI is InChI=1S/C16H22F2N2/c1-20-9-3-4-11(10-19-12-7-8-12)16(20)13-5-2-6-14(17)15(13)18/h2,5-6,11-12,16,19H,3-4,7-10H2,1H3. The third-order valence-corrected chi connectivity index (χ3v) is 4.55. The number of hydrogen-bond acceptors (Lipinski definition) is 2. The van der Waals surface area contributed by atoms with E-state index < -0.39 is 11.6 Å². The zero-order valence-corrected chi connectivity index (χ0v) is 11.9. The van der Waals surface area contributed by atoms with Gasteiger partial charge in [-0.3, -0.25) is 4.90 Å². The molecule has 1 saturated heterocycles. The van der Waals surface area contributed by atoms with Crippen LogP contribution in [0.3, 0.4) is 0 Å². The normalized spacial score (nSPS) is 27.8. The Morgan fingerprint density at radius 3 is 2.80 bits per heavy atom. The van der Waals surface area contributed by atoms with E-state index in [0.717, 1.165) is 25.9 Å². The Hall–Kier alpha value is -1.00. The van der Waals surface area contributed by atoms with Crippen molar-refractivity contribution >= 4 is 0 Å². The molecule has 0 bridgehead atoms. The van der Waals surface area contributed by atoms with Crippen LogP contribution in [-0.2, 0) is 0 Å². The van der Waals surface area contributed by atoms with Gasteiger partial charge in [0.2, 0.25) is 0 Å². The smallest absolute Gasteiger partial charge is 0.163 e. The van der Waals surface area contributed by atoms with Crippen LogP contribution in [0.2, 0.25) is 0 Å². The SMILES string of the molecule is CN1CCCC(CNC2CC2)C1c1cccc(F)c1F. The van der Waals surface area contributed by atoms with Gasteiger partial charge in [-0.1, -0.05) is 12.1 Å². The summed E-state index contributed by atoms with van der Waals surface area (Å²) in [5.41, 5.74) is 0.509. The summed E-state index contributed by atoms with van der Waals surface area (Å²) >= 11 is 0. The number of nitrogens with one attached hydrogen (secondary N) is 1. The van der Waals surface area contributed by atoms with Gasteiger partial charge in [0, 0.05) is 24.2 Å². The average Bonchev–Trinajstić information content (AvgIpc) is 3.24. The molecule has 2 nitrogen and oxygen atoms in total. The highest BCUT2D eigenvalue weighted by atomic mass is 19.2. The first-order chi connectivity index (χ1) is 9.66. The zero-order valence-electron chi connectivity index (χ0n) is 11.9. The molecule has 2 atom stereocenters. The van der Waals surface area contributed by atoms with Gasteiger partial charge in [-0.05, 0) is 51.3 Å². The van der Waals surface area contributed by atoms with Crippen molar-refractivity contribution in [3.63, 3.8) is 0 Å². The number of piperidine rings is 1. The van der Waals surface area contributed by atoms with Crippen molar-refractivity contribution in [1.82, 2.24) is 10.2 Å². The largest absolute Gasteiger partial charge is 0.314 e. The number of nitrogens with zero attached hydrogens (tertiary/aromatic N) is 1. The molecular weight excluding hydrogens is 258 g/mol. The van der Waals surface area contributed by atoms with E-state index in [1.165, 1.54) is 18.9 Å². The van der Waals surface area contributed by atoms with Crippen molar-refractivity contribution in [3.8, 4) is 0 Å². The summed E-state index contributed by atoms with van der Waals surface area (Å²) in [5.74, 6) is -1.07. The highest BCUT2D eigenvalue weighted by molar-refractivity contribution is 5.24. The summed E-state index contributed by atoms with van der Waals surface area (Å²) in [6.07, 6.45) is 4.70. The van der Waals surface area contributed by atoms with Crippen molar-refractivity contribution in [2.45, 2.75) is 37.8 Å². The van der Waals surface area contributed by atoms with Gasteiger partial charge in [0.25, 0.3) is 0 Å². The maximum atomic E-state index is 14.1. The van der Waals surface area contributed by atoms with Crippen molar-refractivity contribution in [2.75, 3.05) is 20.1 Å². The minimum Gasteiger partial charge on any atom is -0.314 e. The van der Waals surface area contributed by atoms with E-state index in [9.17, 15) is 8.78 Å². The highest BCUT2D eigenvalue weighted by Gasteiger charge is 2.34. The molecule has 2 unspecified atom stereocenters. The lowest BCUT2D eigenvalue weighted by Crippen LogP contribution is -2.41. The molecular formula is C16H22F2N2. The molecule has 1 aromatic carbocycles. The van der Waals surface area contributed by atoms with Gasteiger partial charge in [0.05, 0.1) is 0 Å². The van der Waals surface area contributed by atoms with Crippen LogP contribution < -0.4 is 5.32 Å². The molecule has 0 aromatic heterocycles.